The van der Waals surface area contributed by atoms with Crippen molar-refractivity contribution in [3.8, 4) is 0 Å². The molecule has 4 aromatic carbocycles. The van der Waals surface area contributed by atoms with E-state index in [1.54, 1.807) is 48.5 Å². The minimum absolute atomic E-state index is 0.0125. The maximum absolute atomic E-state index is 13.3. The predicted molar refractivity (Wildman–Crippen MR) is 199 cm³/mol. The van der Waals surface area contributed by atoms with Crippen molar-refractivity contribution in [1.82, 2.24) is 10.6 Å². The van der Waals surface area contributed by atoms with E-state index in [-0.39, 0.29) is 50.8 Å². The van der Waals surface area contributed by atoms with Crippen LogP contribution in [0, 0.1) is 0 Å². The van der Waals surface area contributed by atoms with Crippen molar-refractivity contribution < 1.29 is 42.9 Å². The molecule has 0 radical (unpaired) electrons. The van der Waals surface area contributed by atoms with Gasteiger partial charge in [-0.05, 0) is 28.7 Å². The highest BCUT2D eigenvalue weighted by atomic mass is 32.2. The molecule has 4 N–H and O–H groups in total. The van der Waals surface area contributed by atoms with Gasteiger partial charge in [0.2, 0.25) is 5.91 Å². The maximum Gasteiger partial charge on any atom is 0.408 e. The number of nitrogens with one attached hydrogen (secondary N) is 2. The van der Waals surface area contributed by atoms with Crippen molar-refractivity contribution in [1.29, 1.82) is 0 Å². The first-order valence-electron chi connectivity index (χ1n) is 17.0. The van der Waals surface area contributed by atoms with Crippen LogP contribution in [0.5, 0.6) is 0 Å². The number of benzene rings is 4. The van der Waals surface area contributed by atoms with Gasteiger partial charge in [0.1, 0.15) is 44.6 Å². The number of carbonyl (C=O) groups is 5. The Morgan fingerprint density at radius 3 is 1.28 bits per heavy atom. The van der Waals surface area contributed by atoms with Crippen molar-refractivity contribution in [2.24, 2.45) is 5.73 Å². The van der Waals surface area contributed by atoms with E-state index in [1.165, 1.54) is 0 Å². The van der Waals surface area contributed by atoms with Crippen LogP contribution in [0.4, 0.5) is 4.79 Å². The molecule has 4 aromatic rings. The molecule has 12 nitrogen and oxygen atoms in total. The van der Waals surface area contributed by atoms with E-state index in [1.807, 2.05) is 72.8 Å². The van der Waals surface area contributed by atoms with Gasteiger partial charge in [-0.25, -0.2) is 14.4 Å². The Balaban J connectivity index is 1.35. The fraction of sp³-hybridized carbons (Fsp3) is 0.275. The number of ether oxygens (including phenoxy) is 4. The van der Waals surface area contributed by atoms with E-state index in [0.717, 1.165) is 34.0 Å². The molecule has 0 aliphatic rings. The maximum atomic E-state index is 13.3. The number of thioether (sulfide) groups is 1. The Morgan fingerprint density at radius 2 is 0.868 bits per heavy atom. The first-order chi connectivity index (χ1) is 25.8. The van der Waals surface area contributed by atoms with Crippen LogP contribution in [-0.4, -0.2) is 59.5 Å². The lowest BCUT2D eigenvalue weighted by atomic mass is 10.1. The zero-order valence-electron chi connectivity index (χ0n) is 29.1. The summed E-state index contributed by atoms with van der Waals surface area (Å²) in [7, 11) is 0. The molecule has 0 saturated carbocycles. The predicted octanol–water partition coefficient (Wildman–Crippen LogP) is 4.84. The first-order valence-corrected chi connectivity index (χ1v) is 18.1. The number of alkyl carbamates (subject to hydrolysis) is 1. The summed E-state index contributed by atoms with van der Waals surface area (Å²) >= 11 is 1.12. The van der Waals surface area contributed by atoms with E-state index in [0.29, 0.717) is 0 Å². The second-order valence-electron chi connectivity index (χ2n) is 11.8. The molecule has 278 valence electrons. The van der Waals surface area contributed by atoms with Crippen LogP contribution in [0.25, 0.3) is 0 Å². The summed E-state index contributed by atoms with van der Waals surface area (Å²) in [4.78, 5) is 64.6. The third kappa shape index (κ3) is 15.2. The lowest BCUT2D eigenvalue weighted by Crippen LogP contribution is -2.46. The SMILES string of the molecule is N[C@H](CCC(=O)N[C@H](CSC[C@H](NC(=O)OCc1ccccc1)C(=O)OCc1ccccc1)C(=O)OCc1ccccc1)C(=O)OCc1ccccc1. The van der Waals surface area contributed by atoms with E-state index < -0.39 is 48.0 Å². The molecular weight excluding hydrogens is 699 g/mol. The molecule has 0 aliphatic carbocycles. The fourth-order valence-corrected chi connectivity index (χ4v) is 5.76. The molecule has 3 atom stereocenters. The second-order valence-corrected chi connectivity index (χ2v) is 12.9. The van der Waals surface area contributed by atoms with Crippen LogP contribution in [0.1, 0.15) is 35.1 Å². The van der Waals surface area contributed by atoms with E-state index in [4.69, 9.17) is 24.7 Å². The second kappa shape index (κ2) is 22.3. The number of esters is 3. The standard InChI is InChI=1S/C40H43N3O9S/c41-33(37(45)49-23-29-13-5-1-6-14-29)21-22-36(44)42-34(38(46)50-24-30-15-7-2-8-16-30)27-53-28-35(39(47)51-25-31-17-9-3-10-18-31)43-40(48)52-26-32-19-11-4-12-20-32/h1-20,33-35H,21-28,41H2,(H,42,44)(H,43,48)/t33-,34-,35+/m1/s1. The molecular formula is C40H43N3O9S. The molecule has 0 saturated heterocycles. The molecule has 0 unspecified atom stereocenters. The number of amides is 2. The van der Waals surface area contributed by atoms with Gasteiger partial charge in [0.25, 0.3) is 0 Å². The van der Waals surface area contributed by atoms with Crippen molar-refractivity contribution in [3.63, 3.8) is 0 Å². The van der Waals surface area contributed by atoms with Crippen LogP contribution < -0.4 is 16.4 Å². The average Bonchev–Trinajstić information content (AvgIpc) is 3.20. The summed E-state index contributed by atoms with van der Waals surface area (Å²) in [6.07, 6.45) is -1.03. The number of hydrogen-bond donors (Lipinski definition) is 3. The number of rotatable bonds is 20. The van der Waals surface area contributed by atoms with Gasteiger partial charge in [0.05, 0.1) is 0 Å². The third-order valence-corrected chi connectivity index (χ3v) is 8.77. The summed E-state index contributed by atoms with van der Waals surface area (Å²) in [6, 6.07) is 32.9. The van der Waals surface area contributed by atoms with Gasteiger partial charge in [-0.2, -0.15) is 11.8 Å². The Morgan fingerprint density at radius 1 is 0.509 bits per heavy atom. The Kier molecular flexibility index (Phi) is 16.9. The van der Waals surface area contributed by atoms with Gasteiger partial charge in [0, 0.05) is 17.9 Å². The van der Waals surface area contributed by atoms with Gasteiger partial charge in [-0.15, -0.1) is 0 Å². The van der Waals surface area contributed by atoms with Crippen molar-refractivity contribution >= 4 is 41.7 Å². The van der Waals surface area contributed by atoms with Gasteiger partial charge in [0.15, 0.2) is 0 Å². The zero-order chi connectivity index (χ0) is 37.7. The Bertz CT molecular complexity index is 1730. The highest BCUT2D eigenvalue weighted by Gasteiger charge is 2.28. The molecule has 0 fully saturated rings. The summed E-state index contributed by atoms with van der Waals surface area (Å²) in [5.41, 5.74) is 9.06. The molecule has 0 aliphatic heterocycles. The average molecular weight is 742 g/mol. The Labute approximate surface area is 312 Å². The van der Waals surface area contributed by atoms with Crippen LogP contribution in [0.15, 0.2) is 121 Å². The molecule has 0 aromatic heterocycles. The third-order valence-electron chi connectivity index (χ3n) is 7.64. The van der Waals surface area contributed by atoms with Crippen molar-refractivity contribution in [3.05, 3.63) is 144 Å². The largest absolute Gasteiger partial charge is 0.460 e. The number of hydrogen-bond acceptors (Lipinski definition) is 11. The zero-order valence-corrected chi connectivity index (χ0v) is 29.9. The normalized spacial score (nSPS) is 12.3. The van der Waals surface area contributed by atoms with E-state index in [2.05, 4.69) is 10.6 Å². The number of nitrogens with two attached hydrogens (primary N) is 1. The highest BCUT2D eigenvalue weighted by Crippen LogP contribution is 2.13. The lowest BCUT2D eigenvalue weighted by Gasteiger charge is -2.21. The van der Waals surface area contributed by atoms with E-state index in [9.17, 15) is 24.0 Å². The molecule has 2 amide bonds. The van der Waals surface area contributed by atoms with Crippen LogP contribution in [0.3, 0.4) is 0 Å². The topological polar surface area (TPSA) is 172 Å². The highest BCUT2D eigenvalue weighted by molar-refractivity contribution is 7.99. The monoisotopic (exact) mass is 741 g/mol. The molecule has 0 spiro atoms. The summed E-state index contributed by atoms with van der Waals surface area (Å²) < 4.78 is 21.6. The quantitative estimate of drug-likeness (QED) is 0.0837. The Hall–Kier alpha value is -5.66. The molecule has 4 rings (SSSR count). The van der Waals surface area contributed by atoms with Crippen LogP contribution >= 0.6 is 11.8 Å². The van der Waals surface area contributed by atoms with Crippen LogP contribution in [0.2, 0.25) is 0 Å². The minimum atomic E-state index is -1.15. The molecule has 53 heavy (non-hydrogen) atoms. The first kappa shape index (κ1) is 40.1. The number of carbonyl (C=O) groups excluding carboxylic acids is 5. The summed E-state index contributed by atoms with van der Waals surface area (Å²) in [6.45, 7) is -0.0139. The smallest absolute Gasteiger partial charge is 0.408 e. The van der Waals surface area contributed by atoms with Crippen LogP contribution in [-0.2, 0) is 64.6 Å². The molecule has 0 bridgehead atoms. The molecule has 0 heterocycles. The minimum Gasteiger partial charge on any atom is -0.460 e. The van der Waals surface area contributed by atoms with Gasteiger partial charge >= 0.3 is 24.0 Å². The summed E-state index contributed by atoms with van der Waals surface area (Å²) in [5, 5.41) is 5.22. The summed E-state index contributed by atoms with van der Waals surface area (Å²) in [5.74, 6) is -2.66. The van der Waals surface area contributed by atoms with Gasteiger partial charge < -0.3 is 35.3 Å². The van der Waals surface area contributed by atoms with Gasteiger partial charge in [-0.1, -0.05) is 121 Å². The van der Waals surface area contributed by atoms with E-state index >= 15 is 0 Å². The lowest BCUT2D eigenvalue weighted by molar-refractivity contribution is -0.149. The molecule has 13 heteroatoms. The van der Waals surface area contributed by atoms with Gasteiger partial charge in [-0.3, -0.25) is 9.59 Å². The fourth-order valence-electron chi connectivity index (χ4n) is 4.71. The van der Waals surface area contributed by atoms with Crippen molar-refractivity contribution in [2.45, 2.75) is 57.4 Å². The van der Waals surface area contributed by atoms with Crippen molar-refractivity contribution in [2.75, 3.05) is 11.5 Å².